The molecular weight excluding hydrogens is 146 g/mol. The van der Waals surface area contributed by atoms with Gasteiger partial charge in [0.1, 0.15) is 0 Å². The minimum Gasteiger partial charge on any atom is -0.314 e. The Morgan fingerprint density at radius 3 is 2.30 bits per heavy atom. The van der Waals surface area contributed by atoms with Gasteiger partial charge >= 0.3 is 0 Å². The molecule has 1 rings (SSSR count). The van der Waals surface area contributed by atoms with Crippen molar-refractivity contribution in [3.8, 4) is 0 Å². The van der Waals surface area contributed by atoms with Crippen LogP contribution in [0.25, 0.3) is 0 Å². The molecule has 0 spiro atoms. The molecule has 1 heterocycles. The molecule has 1 unspecified atom stereocenters. The molecule has 0 saturated carbocycles. The second-order valence-electron chi connectivity index (χ2n) is 3.30. The Morgan fingerprint density at radius 1 is 1.30 bits per heavy atom. The Hall–Kier alpha value is 0.250. The zero-order valence-corrected chi connectivity index (χ0v) is 7.71. The fraction of sp³-hybridized carbons (Fsp3) is 1.00. The SMILES string of the molecule is CC(C)C1CCCCN1.Cl. The minimum atomic E-state index is 0. The normalized spacial score (nSPS) is 26.1. The van der Waals surface area contributed by atoms with Gasteiger partial charge in [0, 0.05) is 6.04 Å². The summed E-state index contributed by atoms with van der Waals surface area (Å²) in [5.74, 6) is 0.824. The molecule has 1 fully saturated rings. The number of hydrogen-bond acceptors (Lipinski definition) is 1. The van der Waals surface area contributed by atoms with E-state index < -0.39 is 0 Å². The van der Waals surface area contributed by atoms with Gasteiger partial charge in [0.2, 0.25) is 0 Å². The number of hydrogen-bond donors (Lipinski definition) is 1. The first-order chi connectivity index (χ1) is 4.30. The van der Waals surface area contributed by atoms with Crippen molar-refractivity contribution in [1.82, 2.24) is 5.32 Å². The summed E-state index contributed by atoms with van der Waals surface area (Å²) in [6, 6.07) is 0.804. The van der Waals surface area contributed by atoms with E-state index in [2.05, 4.69) is 19.2 Å². The minimum absolute atomic E-state index is 0. The lowest BCUT2D eigenvalue weighted by Crippen LogP contribution is -2.37. The molecule has 1 atom stereocenters. The van der Waals surface area contributed by atoms with E-state index in [1.54, 1.807) is 0 Å². The van der Waals surface area contributed by atoms with Gasteiger partial charge in [0.15, 0.2) is 0 Å². The topological polar surface area (TPSA) is 12.0 Å². The van der Waals surface area contributed by atoms with Crippen molar-refractivity contribution in [3.63, 3.8) is 0 Å². The Morgan fingerprint density at radius 2 is 2.00 bits per heavy atom. The summed E-state index contributed by atoms with van der Waals surface area (Å²) < 4.78 is 0. The third-order valence-electron chi connectivity index (χ3n) is 2.15. The Balaban J connectivity index is 0.000000810. The van der Waals surface area contributed by atoms with Gasteiger partial charge in [0.25, 0.3) is 0 Å². The van der Waals surface area contributed by atoms with E-state index in [1.165, 1.54) is 25.8 Å². The molecule has 1 N–H and O–H groups in total. The van der Waals surface area contributed by atoms with Crippen LogP contribution in [-0.2, 0) is 0 Å². The monoisotopic (exact) mass is 163 g/mol. The van der Waals surface area contributed by atoms with Gasteiger partial charge in [-0.25, -0.2) is 0 Å². The fourth-order valence-electron chi connectivity index (χ4n) is 1.45. The maximum atomic E-state index is 3.52. The van der Waals surface area contributed by atoms with Crippen molar-refractivity contribution in [2.24, 2.45) is 5.92 Å². The van der Waals surface area contributed by atoms with E-state index in [1.807, 2.05) is 0 Å². The zero-order valence-electron chi connectivity index (χ0n) is 6.89. The Kier molecular flexibility index (Phi) is 5.10. The second kappa shape index (κ2) is 4.97. The Bertz CT molecular complexity index is 77.3. The first-order valence-corrected chi connectivity index (χ1v) is 4.04. The predicted octanol–water partition coefficient (Wildman–Crippen LogP) is 2.21. The van der Waals surface area contributed by atoms with Crippen LogP contribution in [0.1, 0.15) is 33.1 Å². The molecule has 1 nitrogen and oxygen atoms in total. The van der Waals surface area contributed by atoms with Gasteiger partial charge in [-0.2, -0.15) is 0 Å². The molecule has 1 aliphatic rings. The summed E-state index contributed by atoms with van der Waals surface area (Å²) in [7, 11) is 0. The first-order valence-electron chi connectivity index (χ1n) is 4.04. The summed E-state index contributed by atoms with van der Waals surface area (Å²) in [4.78, 5) is 0. The number of piperidine rings is 1. The molecule has 0 amide bonds. The summed E-state index contributed by atoms with van der Waals surface area (Å²) in [6.07, 6.45) is 4.19. The van der Waals surface area contributed by atoms with Crippen molar-refractivity contribution in [2.75, 3.05) is 6.54 Å². The van der Waals surface area contributed by atoms with E-state index in [9.17, 15) is 0 Å². The van der Waals surface area contributed by atoms with E-state index in [4.69, 9.17) is 0 Å². The zero-order chi connectivity index (χ0) is 6.69. The van der Waals surface area contributed by atoms with E-state index in [0.29, 0.717) is 0 Å². The average Bonchev–Trinajstić information content (AvgIpc) is 1.90. The fourth-order valence-corrected chi connectivity index (χ4v) is 1.45. The van der Waals surface area contributed by atoms with Crippen molar-refractivity contribution in [1.29, 1.82) is 0 Å². The third kappa shape index (κ3) is 2.89. The molecule has 0 bridgehead atoms. The lowest BCUT2D eigenvalue weighted by Gasteiger charge is -2.26. The van der Waals surface area contributed by atoms with Gasteiger partial charge in [-0.15, -0.1) is 12.4 Å². The van der Waals surface area contributed by atoms with E-state index >= 15 is 0 Å². The Labute approximate surface area is 70.0 Å². The summed E-state index contributed by atoms with van der Waals surface area (Å²) in [5, 5.41) is 3.52. The lowest BCUT2D eigenvalue weighted by atomic mass is 9.95. The van der Waals surface area contributed by atoms with Gasteiger partial charge in [-0.3, -0.25) is 0 Å². The van der Waals surface area contributed by atoms with Crippen LogP contribution in [-0.4, -0.2) is 12.6 Å². The quantitative estimate of drug-likeness (QED) is 0.625. The summed E-state index contributed by atoms with van der Waals surface area (Å²) >= 11 is 0. The molecule has 0 radical (unpaired) electrons. The molecular formula is C8H18ClN. The van der Waals surface area contributed by atoms with Crippen LogP contribution in [0, 0.1) is 5.92 Å². The highest BCUT2D eigenvalue weighted by molar-refractivity contribution is 5.85. The van der Waals surface area contributed by atoms with Gasteiger partial charge in [-0.05, 0) is 25.3 Å². The van der Waals surface area contributed by atoms with Crippen LogP contribution in [0.3, 0.4) is 0 Å². The molecule has 62 valence electrons. The molecule has 0 aromatic heterocycles. The lowest BCUT2D eigenvalue weighted by molar-refractivity contribution is 0.326. The van der Waals surface area contributed by atoms with Crippen molar-refractivity contribution in [2.45, 2.75) is 39.2 Å². The first kappa shape index (κ1) is 10.2. The smallest absolute Gasteiger partial charge is 0.00900 e. The van der Waals surface area contributed by atoms with Crippen molar-refractivity contribution < 1.29 is 0 Å². The predicted molar refractivity (Wildman–Crippen MR) is 47.7 cm³/mol. The molecule has 1 aliphatic heterocycles. The van der Waals surface area contributed by atoms with Gasteiger partial charge < -0.3 is 5.32 Å². The van der Waals surface area contributed by atoms with Crippen molar-refractivity contribution >= 4 is 12.4 Å². The molecule has 1 saturated heterocycles. The highest BCUT2D eigenvalue weighted by Crippen LogP contribution is 2.13. The van der Waals surface area contributed by atoms with E-state index in [0.717, 1.165) is 12.0 Å². The van der Waals surface area contributed by atoms with Crippen LogP contribution >= 0.6 is 12.4 Å². The van der Waals surface area contributed by atoms with Crippen LogP contribution in [0.5, 0.6) is 0 Å². The van der Waals surface area contributed by atoms with Gasteiger partial charge in [0.05, 0.1) is 0 Å². The number of rotatable bonds is 1. The maximum absolute atomic E-state index is 3.52. The highest BCUT2D eigenvalue weighted by atomic mass is 35.5. The second-order valence-corrected chi connectivity index (χ2v) is 3.30. The van der Waals surface area contributed by atoms with Crippen molar-refractivity contribution in [3.05, 3.63) is 0 Å². The largest absolute Gasteiger partial charge is 0.314 e. The molecule has 0 aliphatic carbocycles. The molecule has 0 aromatic rings. The molecule has 10 heavy (non-hydrogen) atoms. The van der Waals surface area contributed by atoms with Gasteiger partial charge in [-0.1, -0.05) is 20.3 Å². The molecule has 2 heteroatoms. The summed E-state index contributed by atoms with van der Waals surface area (Å²) in [5.41, 5.74) is 0. The number of halogens is 1. The standard InChI is InChI=1S/C8H17N.ClH/c1-7(2)8-5-3-4-6-9-8;/h7-9H,3-6H2,1-2H3;1H. The van der Waals surface area contributed by atoms with Crippen LogP contribution in [0.15, 0.2) is 0 Å². The summed E-state index contributed by atoms with van der Waals surface area (Å²) in [6.45, 7) is 5.83. The van der Waals surface area contributed by atoms with E-state index in [-0.39, 0.29) is 12.4 Å². The highest BCUT2D eigenvalue weighted by Gasteiger charge is 2.14. The maximum Gasteiger partial charge on any atom is 0.00900 e. The average molecular weight is 164 g/mol. The number of nitrogens with one attached hydrogen (secondary N) is 1. The van der Waals surface area contributed by atoms with Crippen LogP contribution < -0.4 is 5.32 Å². The van der Waals surface area contributed by atoms with Crippen LogP contribution in [0.4, 0.5) is 0 Å². The third-order valence-corrected chi connectivity index (χ3v) is 2.15. The molecule has 0 aromatic carbocycles. The van der Waals surface area contributed by atoms with Crippen LogP contribution in [0.2, 0.25) is 0 Å².